The van der Waals surface area contributed by atoms with E-state index in [2.05, 4.69) is 11.8 Å². The number of carbonyl (C=O) groups excluding carboxylic acids is 1. The number of hydrogen-bond acceptors (Lipinski definition) is 2. The third kappa shape index (κ3) is 3.98. The molecule has 3 nitrogen and oxygen atoms in total. The summed E-state index contributed by atoms with van der Waals surface area (Å²) in [7, 11) is 0. The van der Waals surface area contributed by atoms with Gasteiger partial charge in [-0.25, -0.2) is 0 Å². The summed E-state index contributed by atoms with van der Waals surface area (Å²) in [5.41, 5.74) is 0. The van der Waals surface area contributed by atoms with Crippen molar-refractivity contribution in [1.29, 1.82) is 0 Å². The number of amides is 1. The van der Waals surface area contributed by atoms with Crippen LogP contribution in [0.5, 0.6) is 0 Å². The lowest BCUT2D eigenvalue weighted by Gasteiger charge is -2.21. The third-order valence-electron chi connectivity index (χ3n) is 4.07. The number of ether oxygens (including phenoxy) is 1. The standard InChI is InChI=1S/C14H25NO2/c1-12-4-2-9-15(10-8-12)14(16)7-6-13-5-3-11-17-13/h12-13H,2-11H2,1H3. The molecule has 0 aromatic heterocycles. The largest absolute Gasteiger partial charge is 0.378 e. The zero-order chi connectivity index (χ0) is 12.1. The Morgan fingerprint density at radius 1 is 1.24 bits per heavy atom. The maximum Gasteiger partial charge on any atom is 0.222 e. The zero-order valence-electron chi connectivity index (χ0n) is 11.0. The molecule has 0 radical (unpaired) electrons. The van der Waals surface area contributed by atoms with E-state index in [0.29, 0.717) is 18.4 Å². The summed E-state index contributed by atoms with van der Waals surface area (Å²) in [6, 6.07) is 0. The molecular formula is C14H25NO2. The molecule has 0 aliphatic carbocycles. The fraction of sp³-hybridized carbons (Fsp3) is 0.929. The molecule has 2 heterocycles. The molecule has 0 bridgehead atoms. The van der Waals surface area contributed by atoms with E-state index < -0.39 is 0 Å². The lowest BCUT2D eigenvalue weighted by Crippen LogP contribution is -2.32. The van der Waals surface area contributed by atoms with Crippen LogP contribution < -0.4 is 0 Å². The molecule has 2 unspecified atom stereocenters. The summed E-state index contributed by atoms with van der Waals surface area (Å²) in [5.74, 6) is 1.13. The van der Waals surface area contributed by atoms with Crippen molar-refractivity contribution >= 4 is 5.91 Å². The highest BCUT2D eigenvalue weighted by Gasteiger charge is 2.21. The minimum atomic E-state index is 0.342. The second kappa shape index (κ2) is 6.39. The van der Waals surface area contributed by atoms with Crippen molar-refractivity contribution < 1.29 is 9.53 Å². The molecule has 0 saturated carbocycles. The fourth-order valence-electron chi connectivity index (χ4n) is 2.83. The molecule has 98 valence electrons. The van der Waals surface area contributed by atoms with Crippen LogP contribution in [0.25, 0.3) is 0 Å². The van der Waals surface area contributed by atoms with Gasteiger partial charge in [-0.2, -0.15) is 0 Å². The molecule has 0 aromatic rings. The number of rotatable bonds is 3. The first kappa shape index (κ1) is 12.9. The number of nitrogens with zero attached hydrogens (tertiary/aromatic N) is 1. The van der Waals surface area contributed by atoms with E-state index in [-0.39, 0.29) is 0 Å². The van der Waals surface area contributed by atoms with Gasteiger partial charge in [0.15, 0.2) is 0 Å². The highest BCUT2D eigenvalue weighted by molar-refractivity contribution is 5.76. The Labute approximate surface area is 105 Å². The third-order valence-corrected chi connectivity index (χ3v) is 4.07. The van der Waals surface area contributed by atoms with Crippen LogP contribution in [0.1, 0.15) is 51.9 Å². The van der Waals surface area contributed by atoms with E-state index in [1.807, 2.05) is 0 Å². The summed E-state index contributed by atoms with van der Waals surface area (Å²) < 4.78 is 5.56. The fourth-order valence-corrected chi connectivity index (χ4v) is 2.83. The number of carbonyl (C=O) groups is 1. The van der Waals surface area contributed by atoms with Crippen LogP contribution in [0, 0.1) is 5.92 Å². The van der Waals surface area contributed by atoms with Gasteiger partial charge < -0.3 is 9.64 Å². The van der Waals surface area contributed by atoms with Crippen molar-refractivity contribution in [3.05, 3.63) is 0 Å². The smallest absolute Gasteiger partial charge is 0.222 e. The average Bonchev–Trinajstić information content (AvgIpc) is 2.74. The lowest BCUT2D eigenvalue weighted by atomic mass is 10.0. The Kier molecular flexibility index (Phi) is 4.84. The first-order valence-corrected chi connectivity index (χ1v) is 7.15. The van der Waals surface area contributed by atoms with Crippen molar-refractivity contribution in [3.8, 4) is 0 Å². The van der Waals surface area contributed by atoms with Gasteiger partial charge in [-0.15, -0.1) is 0 Å². The molecule has 0 N–H and O–H groups in total. The van der Waals surface area contributed by atoms with Crippen molar-refractivity contribution in [2.45, 2.75) is 58.0 Å². The highest BCUT2D eigenvalue weighted by atomic mass is 16.5. The maximum absolute atomic E-state index is 12.1. The van der Waals surface area contributed by atoms with E-state index in [0.717, 1.165) is 38.5 Å². The number of hydrogen-bond donors (Lipinski definition) is 0. The van der Waals surface area contributed by atoms with Crippen LogP contribution in [0.4, 0.5) is 0 Å². The Bertz CT molecular complexity index is 249. The Morgan fingerprint density at radius 2 is 2.12 bits per heavy atom. The van der Waals surface area contributed by atoms with E-state index in [9.17, 15) is 4.79 Å². The van der Waals surface area contributed by atoms with Gasteiger partial charge in [0.05, 0.1) is 6.10 Å². The topological polar surface area (TPSA) is 29.5 Å². The molecule has 2 fully saturated rings. The molecule has 3 heteroatoms. The van der Waals surface area contributed by atoms with Crippen molar-refractivity contribution in [1.82, 2.24) is 4.90 Å². The summed E-state index contributed by atoms with van der Waals surface area (Å²) in [4.78, 5) is 14.2. The van der Waals surface area contributed by atoms with E-state index in [1.54, 1.807) is 0 Å². The lowest BCUT2D eigenvalue weighted by molar-refractivity contribution is -0.131. The van der Waals surface area contributed by atoms with Gasteiger partial charge in [-0.3, -0.25) is 4.79 Å². The predicted molar refractivity (Wildman–Crippen MR) is 67.8 cm³/mol. The molecule has 2 aliphatic rings. The van der Waals surface area contributed by atoms with Gasteiger partial charge in [-0.1, -0.05) is 6.92 Å². The maximum atomic E-state index is 12.1. The molecule has 0 spiro atoms. The van der Waals surface area contributed by atoms with Crippen LogP contribution in [0.15, 0.2) is 0 Å². The Balaban J connectivity index is 1.70. The summed E-state index contributed by atoms with van der Waals surface area (Å²) in [6.45, 7) is 5.11. The zero-order valence-corrected chi connectivity index (χ0v) is 11.0. The molecule has 2 aliphatic heterocycles. The first-order valence-electron chi connectivity index (χ1n) is 7.15. The minimum absolute atomic E-state index is 0.342. The minimum Gasteiger partial charge on any atom is -0.378 e. The summed E-state index contributed by atoms with van der Waals surface area (Å²) in [6.07, 6.45) is 7.88. The average molecular weight is 239 g/mol. The van der Waals surface area contributed by atoms with E-state index >= 15 is 0 Å². The molecule has 0 aromatic carbocycles. The SMILES string of the molecule is CC1CCCN(C(=O)CCC2CCCO2)CC1. The van der Waals surface area contributed by atoms with Crippen molar-refractivity contribution in [2.24, 2.45) is 5.92 Å². The van der Waals surface area contributed by atoms with Gasteiger partial charge in [0.2, 0.25) is 5.91 Å². The van der Waals surface area contributed by atoms with Gasteiger partial charge in [0.1, 0.15) is 0 Å². The Hall–Kier alpha value is -0.570. The van der Waals surface area contributed by atoms with Crippen LogP contribution >= 0.6 is 0 Å². The summed E-state index contributed by atoms with van der Waals surface area (Å²) in [5, 5.41) is 0. The van der Waals surface area contributed by atoms with Gasteiger partial charge in [0, 0.05) is 26.1 Å². The second-order valence-electron chi connectivity index (χ2n) is 5.59. The van der Waals surface area contributed by atoms with Crippen LogP contribution in [-0.4, -0.2) is 36.6 Å². The quantitative estimate of drug-likeness (QED) is 0.757. The Morgan fingerprint density at radius 3 is 2.88 bits per heavy atom. The highest BCUT2D eigenvalue weighted by Crippen LogP contribution is 2.20. The summed E-state index contributed by atoms with van der Waals surface area (Å²) >= 11 is 0. The van der Waals surface area contributed by atoms with Crippen molar-refractivity contribution in [3.63, 3.8) is 0 Å². The number of likely N-dealkylation sites (tertiary alicyclic amines) is 1. The molecule has 17 heavy (non-hydrogen) atoms. The van der Waals surface area contributed by atoms with Crippen LogP contribution in [0.3, 0.4) is 0 Å². The normalized spacial score (nSPS) is 30.3. The van der Waals surface area contributed by atoms with Crippen LogP contribution in [-0.2, 0) is 9.53 Å². The van der Waals surface area contributed by atoms with E-state index in [4.69, 9.17) is 4.74 Å². The van der Waals surface area contributed by atoms with E-state index in [1.165, 1.54) is 25.7 Å². The molecule has 2 atom stereocenters. The van der Waals surface area contributed by atoms with Crippen molar-refractivity contribution in [2.75, 3.05) is 19.7 Å². The molecule has 2 rings (SSSR count). The monoisotopic (exact) mass is 239 g/mol. The van der Waals surface area contributed by atoms with Gasteiger partial charge in [-0.05, 0) is 44.4 Å². The predicted octanol–water partition coefficient (Wildman–Crippen LogP) is 2.59. The molecule has 1 amide bonds. The van der Waals surface area contributed by atoms with Gasteiger partial charge in [0.25, 0.3) is 0 Å². The first-order chi connectivity index (χ1) is 8.25. The van der Waals surface area contributed by atoms with Crippen LogP contribution in [0.2, 0.25) is 0 Å². The second-order valence-corrected chi connectivity index (χ2v) is 5.59. The molecule has 2 saturated heterocycles. The molecular weight excluding hydrogens is 214 g/mol. The van der Waals surface area contributed by atoms with Gasteiger partial charge >= 0.3 is 0 Å².